The Morgan fingerprint density at radius 2 is 2.22 bits per heavy atom. The lowest BCUT2D eigenvalue weighted by atomic mass is 9.96. The molecule has 0 radical (unpaired) electrons. The van der Waals surface area contributed by atoms with Crippen LogP contribution in [0.5, 0.6) is 0 Å². The van der Waals surface area contributed by atoms with Gasteiger partial charge in [0.25, 0.3) is 0 Å². The van der Waals surface area contributed by atoms with E-state index in [0.717, 1.165) is 25.0 Å². The lowest BCUT2D eigenvalue weighted by molar-refractivity contribution is 0.233. The summed E-state index contributed by atoms with van der Waals surface area (Å²) in [6.45, 7) is 2.69. The van der Waals surface area contributed by atoms with Crippen LogP contribution in [0.15, 0.2) is 5.51 Å². The molecule has 0 spiro atoms. The molecular formula is C13H21N3OS. The summed E-state index contributed by atoms with van der Waals surface area (Å²) in [6.07, 6.45) is 6.91. The molecule has 1 aromatic rings. The highest BCUT2D eigenvalue weighted by molar-refractivity contribution is 7.09. The highest BCUT2D eigenvalue weighted by Gasteiger charge is 2.15. The quantitative estimate of drug-likeness (QED) is 0.881. The van der Waals surface area contributed by atoms with E-state index in [-0.39, 0.29) is 6.03 Å². The summed E-state index contributed by atoms with van der Waals surface area (Å²) in [4.78, 5) is 17.1. The van der Waals surface area contributed by atoms with Crippen molar-refractivity contribution in [3.05, 3.63) is 16.1 Å². The molecular weight excluding hydrogens is 246 g/mol. The smallest absolute Gasteiger partial charge is 0.315 e. The summed E-state index contributed by atoms with van der Waals surface area (Å²) in [5, 5.41) is 5.98. The van der Waals surface area contributed by atoms with E-state index in [9.17, 15) is 4.79 Å². The number of hydrogen-bond donors (Lipinski definition) is 2. The Kier molecular flexibility index (Phi) is 4.99. The average molecular weight is 267 g/mol. The summed E-state index contributed by atoms with van der Waals surface area (Å²) < 4.78 is 0. The molecule has 0 saturated heterocycles. The van der Waals surface area contributed by atoms with Crippen molar-refractivity contribution in [1.82, 2.24) is 15.6 Å². The third-order valence-electron chi connectivity index (χ3n) is 3.42. The fourth-order valence-corrected chi connectivity index (χ4v) is 3.12. The van der Waals surface area contributed by atoms with Gasteiger partial charge < -0.3 is 10.6 Å². The van der Waals surface area contributed by atoms with Crippen molar-refractivity contribution >= 4 is 17.4 Å². The Morgan fingerprint density at radius 1 is 1.44 bits per heavy atom. The highest BCUT2D eigenvalue weighted by Crippen LogP contribution is 2.17. The Labute approximate surface area is 112 Å². The van der Waals surface area contributed by atoms with Crippen molar-refractivity contribution in [1.29, 1.82) is 0 Å². The molecule has 1 aliphatic carbocycles. The third-order valence-corrected chi connectivity index (χ3v) is 4.42. The van der Waals surface area contributed by atoms with Crippen molar-refractivity contribution in [3.8, 4) is 0 Å². The number of hydrogen-bond acceptors (Lipinski definition) is 3. The SMILES string of the molecule is Cc1ncsc1CCNC(=O)NC1CCCCC1. The molecule has 0 unspecified atom stereocenters. The first kappa shape index (κ1) is 13.3. The summed E-state index contributed by atoms with van der Waals surface area (Å²) in [6, 6.07) is 0.355. The summed E-state index contributed by atoms with van der Waals surface area (Å²) in [5.41, 5.74) is 2.93. The van der Waals surface area contributed by atoms with Gasteiger partial charge in [-0.25, -0.2) is 9.78 Å². The summed E-state index contributed by atoms with van der Waals surface area (Å²) in [5.74, 6) is 0. The van der Waals surface area contributed by atoms with E-state index in [1.165, 1.54) is 24.1 Å². The van der Waals surface area contributed by atoms with Crippen LogP contribution in [0.1, 0.15) is 42.7 Å². The number of carbonyl (C=O) groups excluding carboxylic acids is 1. The predicted molar refractivity (Wildman–Crippen MR) is 74.0 cm³/mol. The zero-order valence-corrected chi connectivity index (χ0v) is 11.7. The molecule has 2 rings (SSSR count). The molecule has 5 heteroatoms. The molecule has 1 heterocycles. The molecule has 1 aromatic heterocycles. The lowest BCUT2D eigenvalue weighted by Crippen LogP contribution is -2.43. The number of aromatic nitrogens is 1. The first-order chi connectivity index (χ1) is 8.75. The van der Waals surface area contributed by atoms with Gasteiger partial charge in [-0.3, -0.25) is 0 Å². The predicted octanol–water partition coefficient (Wildman–Crippen LogP) is 2.63. The molecule has 2 N–H and O–H groups in total. The normalized spacial score (nSPS) is 16.5. The number of rotatable bonds is 4. The standard InChI is InChI=1S/C13H21N3OS/c1-10-12(18-9-15-10)7-8-14-13(17)16-11-5-3-2-4-6-11/h9,11H,2-8H2,1H3,(H2,14,16,17). The minimum absolute atomic E-state index is 0.0240. The Hall–Kier alpha value is -1.10. The van der Waals surface area contributed by atoms with Crippen LogP contribution in [-0.2, 0) is 6.42 Å². The molecule has 100 valence electrons. The monoisotopic (exact) mass is 267 g/mol. The fourth-order valence-electron chi connectivity index (χ4n) is 2.34. The molecule has 1 aliphatic rings. The highest BCUT2D eigenvalue weighted by atomic mass is 32.1. The molecule has 0 bridgehead atoms. The van der Waals surface area contributed by atoms with Gasteiger partial charge in [-0.05, 0) is 19.8 Å². The second-order valence-corrected chi connectivity index (χ2v) is 5.79. The van der Waals surface area contributed by atoms with Gasteiger partial charge >= 0.3 is 6.03 Å². The largest absolute Gasteiger partial charge is 0.338 e. The van der Waals surface area contributed by atoms with Crippen molar-refractivity contribution in [2.24, 2.45) is 0 Å². The molecule has 4 nitrogen and oxygen atoms in total. The fraction of sp³-hybridized carbons (Fsp3) is 0.692. The Morgan fingerprint density at radius 3 is 2.89 bits per heavy atom. The van der Waals surface area contributed by atoms with Crippen molar-refractivity contribution in [2.45, 2.75) is 51.5 Å². The first-order valence-electron chi connectivity index (χ1n) is 6.69. The van der Waals surface area contributed by atoms with Crippen LogP contribution in [0.3, 0.4) is 0 Å². The van der Waals surface area contributed by atoms with Gasteiger partial charge in [0, 0.05) is 23.9 Å². The number of nitrogens with zero attached hydrogens (tertiary/aromatic N) is 1. The number of urea groups is 1. The van der Waals surface area contributed by atoms with Crippen molar-refractivity contribution in [3.63, 3.8) is 0 Å². The van der Waals surface area contributed by atoms with Gasteiger partial charge in [-0.1, -0.05) is 19.3 Å². The van der Waals surface area contributed by atoms with Crippen LogP contribution in [0.25, 0.3) is 0 Å². The van der Waals surface area contributed by atoms with Crippen LogP contribution in [-0.4, -0.2) is 23.6 Å². The number of carbonyl (C=O) groups is 1. The zero-order chi connectivity index (χ0) is 12.8. The van der Waals surface area contributed by atoms with Crippen LogP contribution in [0.4, 0.5) is 4.79 Å². The van der Waals surface area contributed by atoms with E-state index >= 15 is 0 Å². The maximum atomic E-state index is 11.7. The van der Waals surface area contributed by atoms with Gasteiger partial charge in [0.1, 0.15) is 0 Å². The molecule has 1 fully saturated rings. The van der Waals surface area contributed by atoms with Crippen LogP contribution in [0.2, 0.25) is 0 Å². The zero-order valence-electron chi connectivity index (χ0n) is 10.9. The van der Waals surface area contributed by atoms with E-state index in [4.69, 9.17) is 0 Å². The third kappa shape index (κ3) is 3.98. The molecule has 2 amide bonds. The number of amides is 2. The number of nitrogens with one attached hydrogen (secondary N) is 2. The van der Waals surface area contributed by atoms with Crippen molar-refractivity contribution < 1.29 is 4.79 Å². The van der Waals surface area contributed by atoms with Gasteiger partial charge in [0.2, 0.25) is 0 Å². The lowest BCUT2D eigenvalue weighted by Gasteiger charge is -2.22. The summed E-state index contributed by atoms with van der Waals surface area (Å²) in [7, 11) is 0. The molecule has 1 saturated carbocycles. The van der Waals surface area contributed by atoms with E-state index in [0.29, 0.717) is 12.6 Å². The van der Waals surface area contributed by atoms with Gasteiger partial charge in [-0.15, -0.1) is 11.3 Å². The first-order valence-corrected chi connectivity index (χ1v) is 7.57. The minimum atomic E-state index is -0.0240. The van der Waals surface area contributed by atoms with Crippen LogP contribution >= 0.6 is 11.3 Å². The minimum Gasteiger partial charge on any atom is -0.338 e. The number of thiazole rings is 1. The second kappa shape index (κ2) is 6.73. The van der Waals surface area contributed by atoms with Gasteiger partial charge in [0.15, 0.2) is 0 Å². The Bertz CT molecular complexity index is 385. The second-order valence-electron chi connectivity index (χ2n) is 4.85. The molecule has 0 atom stereocenters. The summed E-state index contributed by atoms with van der Waals surface area (Å²) >= 11 is 1.65. The maximum absolute atomic E-state index is 11.7. The topological polar surface area (TPSA) is 54.0 Å². The Balaban J connectivity index is 1.64. The maximum Gasteiger partial charge on any atom is 0.315 e. The molecule has 0 aliphatic heterocycles. The van der Waals surface area contributed by atoms with E-state index in [1.54, 1.807) is 11.3 Å². The number of aryl methyl sites for hydroxylation is 1. The van der Waals surface area contributed by atoms with Crippen LogP contribution in [0, 0.1) is 6.92 Å². The average Bonchev–Trinajstić information content (AvgIpc) is 2.76. The van der Waals surface area contributed by atoms with E-state index < -0.39 is 0 Å². The molecule has 0 aromatic carbocycles. The van der Waals surface area contributed by atoms with Crippen LogP contribution < -0.4 is 10.6 Å². The van der Waals surface area contributed by atoms with Gasteiger partial charge in [0.05, 0.1) is 11.2 Å². The van der Waals surface area contributed by atoms with E-state index in [2.05, 4.69) is 15.6 Å². The molecule has 18 heavy (non-hydrogen) atoms. The van der Waals surface area contributed by atoms with Crippen molar-refractivity contribution in [2.75, 3.05) is 6.54 Å². The van der Waals surface area contributed by atoms with Gasteiger partial charge in [-0.2, -0.15) is 0 Å². The van der Waals surface area contributed by atoms with E-state index in [1.807, 2.05) is 12.4 Å².